The molecule has 4 heteroatoms. The fourth-order valence-corrected chi connectivity index (χ4v) is 1.42. The van der Waals surface area contributed by atoms with E-state index in [0.717, 1.165) is 5.69 Å². The molecule has 0 aliphatic heterocycles. The zero-order valence-electron chi connectivity index (χ0n) is 8.84. The maximum atomic E-state index is 11.4. The van der Waals surface area contributed by atoms with E-state index in [9.17, 15) is 4.79 Å². The molecule has 16 heavy (non-hydrogen) atoms. The molecule has 0 spiro atoms. The van der Waals surface area contributed by atoms with Crippen molar-refractivity contribution in [2.24, 2.45) is 0 Å². The molecule has 2 aromatic rings. The van der Waals surface area contributed by atoms with Crippen LogP contribution in [-0.4, -0.2) is 16.1 Å². The Bertz CT molecular complexity index is 493. The van der Waals surface area contributed by atoms with Crippen LogP contribution in [0.5, 0.6) is 0 Å². The lowest BCUT2D eigenvalue weighted by molar-refractivity contribution is 0.680. The Morgan fingerprint density at radius 1 is 1.19 bits per heavy atom. The van der Waals surface area contributed by atoms with Gasteiger partial charge < -0.3 is 5.32 Å². The summed E-state index contributed by atoms with van der Waals surface area (Å²) < 4.78 is 1.58. The summed E-state index contributed by atoms with van der Waals surface area (Å²) in [6.07, 6.45) is 3.05. The minimum Gasteiger partial charge on any atom is -0.383 e. The zero-order chi connectivity index (χ0) is 11.2. The average Bonchev–Trinajstić information content (AvgIpc) is 2.33. The number of anilines is 1. The molecule has 1 aromatic carbocycles. The summed E-state index contributed by atoms with van der Waals surface area (Å²) in [5.74, 6) is 0. The van der Waals surface area contributed by atoms with Crippen molar-refractivity contribution in [2.45, 2.75) is 6.54 Å². The van der Waals surface area contributed by atoms with E-state index in [-0.39, 0.29) is 5.56 Å². The molecule has 0 unspecified atom stereocenters. The van der Waals surface area contributed by atoms with Crippen LogP contribution in [0.1, 0.15) is 0 Å². The van der Waals surface area contributed by atoms with Crippen LogP contribution in [0, 0.1) is 0 Å². The van der Waals surface area contributed by atoms with Gasteiger partial charge in [-0.2, -0.15) is 0 Å². The average molecular weight is 215 g/mol. The molecule has 0 fully saturated rings. The van der Waals surface area contributed by atoms with Crippen molar-refractivity contribution in [3.05, 3.63) is 59.3 Å². The Labute approximate surface area is 93.6 Å². The molecule has 0 radical (unpaired) electrons. The monoisotopic (exact) mass is 215 g/mol. The van der Waals surface area contributed by atoms with E-state index in [1.165, 1.54) is 12.3 Å². The van der Waals surface area contributed by atoms with Crippen LogP contribution in [0.2, 0.25) is 0 Å². The first-order valence-corrected chi connectivity index (χ1v) is 5.15. The second-order valence-corrected chi connectivity index (χ2v) is 3.40. The molecule has 0 aliphatic rings. The number of hydrogen-bond acceptors (Lipinski definition) is 3. The van der Waals surface area contributed by atoms with Gasteiger partial charge in [-0.25, -0.2) is 4.98 Å². The van der Waals surface area contributed by atoms with Crippen LogP contribution < -0.4 is 10.9 Å². The molecular weight excluding hydrogens is 202 g/mol. The summed E-state index contributed by atoms with van der Waals surface area (Å²) in [4.78, 5) is 15.3. The molecule has 82 valence electrons. The van der Waals surface area contributed by atoms with Crippen molar-refractivity contribution in [3.63, 3.8) is 0 Å². The van der Waals surface area contributed by atoms with Crippen LogP contribution in [0.25, 0.3) is 0 Å². The number of nitrogens with zero attached hydrogens (tertiary/aromatic N) is 2. The van der Waals surface area contributed by atoms with Gasteiger partial charge in [0.2, 0.25) is 0 Å². The van der Waals surface area contributed by atoms with E-state index in [4.69, 9.17) is 0 Å². The Kier molecular flexibility index (Phi) is 3.33. The second kappa shape index (κ2) is 5.11. The lowest BCUT2D eigenvalue weighted by Crippen LogP contribution is -2.22. The van der Waals surface area contributed by atoms with Crippen molar-refractivity contribution in [1.29, 1.82) is 0 Å². The van der Waals surface area contributed by atoms with Crippen molar-refractivity contribution < 1.29 is 0 Å². The maximum Gasteiger partial charge on any atom is 0.253 e. The third-order valence-corrected chi connectivity index (χ3v) is 2.25. The second-order valence-electron chi connectivity index (χ2n) is 3.40. The van der Waals surface area contributed by atoms with E-state index >= 15 is 0 Å². The molecule has 2 rings (SSSR count). The minimum absolute atomic E-state index is 0.0233. The minimum atomic E-state index is -0.0233. The van der Waals surface area contributed by atoms with E-state index in [1.807, 2.05) is 30.3 Å². The largest absolute Gasteiger partial charge is 0.383 e. The summed E-state index contributed by atoms with van der Waals surface area (Å²) >= 11 is 0. The fraction of sp³-hybridized carbons (Fsp3) is 0.167. The Hall–Kier alpha value is -2.10. The predicted molar refractivity (Wildman–Crippen MR) is 63.4 cm³/mol. The van der Waals surface area contributed by atoms with Crippen molar-refractivity contribution in [3.8, 4) is 0 Å². The first-order chi connectivity index (χ1) is 7.86. The smallest absolute Gasteiger partial charge is 0.253 e. The summed E-state index contributed by atoms with van der Waals surface area (Å²) in [7, 11) is 0. The molecule has 1 N–H and O–H groups in total. The van der Waals surface area contributed by atoms with Gasteiger partial charge in [-0.3, -0.25) is 9.36 Å². The lowest BCUT2D eigenvalue weighted by atomic mass is 10.3. The maximum absolute atomic E-state index is 11.4. The van der Waals surface area contributed by atoms with Gasteiger partial charge in [-0.15, -0.1) is 0 Å². The first kappa shape index (κ1) is 10.4. The first-order valence-electron chi connectivity index (χ1n) is 5.15. The van der Waals surface area contributed by atoms with E-state index in [0.29, 0.717) is 13.1 Å². The summed E-state index contributed by atoms with van der Waals surface area (Å²) in [6.45, 7) is 1.32. The van der Waals surface area contributed by atoms with E-state index < -0.39 is 0 Å². The SMILES string of the molecule is O=c1ccncn1CCNc1ccccc1. The zero-order valence-corrected chi connectivity index (χ0v) is 8.84. The fourth-order valence-electron chi connectivity index (χ4n) is 1.42. The Morgan fingerprint density at radius 3 is 2.75 bits per heavy atom. The van der Waals surface area contributed by atoms with Gasteiger partial charge in [0.25, 0.3) is 5.56 Å². The number of aromatic nitrogens is 2. The standard InChI is InChI=1S/C12H13N3O/c16-12-6-7-13-10-15(12)9-8-14-11-4-2-1-3-5-11/h1-7,10,14H,8-9H2. The molecule has 0 saturated carbocycles. The van der Waals surface area contributed by atoms with Gasteiger partial charge in [0.05, 0.1) is 6.33 Å². The lowest BCUT2D eigenvalue weighted by Gasteiger charge is -2.07. The van der Waals surface area contributed by atoms with Gasteiger partial charge in [0, 0.05) is 31.0 Å². The van der Waals surface area contributed by atoms with Crippen LogP contribution in [0.3, 0.4) is 0 Å². The Balaban J connectivity index is 1.90. The number of hydrogen-bond donors (Lipinski definition) is 1. The summed E-state index contributed by atoms with van der Waals surface area (Å²) in [5.41, 5.74) is 1.03. The highest BCUT2D eigenvalue weighted by molar-refractivity contribution is 5.42. The number of benzene rings is 1. The van der Waals surface area contributed by atoms with Gasteiger partial charge in [0.1, 0.15) is 0 Å². The topological polar surface area (TPSA) is 46.9 Å². The van der Waals surface area contributed by atoms with Gasteiger partial charge in [-0.1, -0.05) is 18.2 Å². The highest BCUT2D eigenvalue weighted by atomic mass is 16.1. The Morgan fingerprint density at radius 2 is 2.00 bits per heavy atom. The van der Waals surface area contributed by atoms with Crippen LogP contribution in [-0.2, 0) is 6.54 Å². The quantitative estimate of drug-likeness (QED) is 0.837. The molecule has 0 amide bonds. The molecule has 0 bridgehead atoms. The summed E-state index contributed by atoms with van der Waals surface area (Å²) in [6, 6.07) is 11.4. The van der Waals surface area contributed by atoms with Crippen molar-refractivity contribution in [1.82, 2.24) is 9.55 Å². The van der Waals surface area contributed by atoms with Crippen LogP contribution in [0.4, 0.5) is 5.69 Å². The van der Waals surface area contributed by atoms with Crippen LogP contribution in [0.15, 0.2) is 53.7 Å². The van der Waals surface area contributed by atoms with E-state index in [2.05, 4.69) is 10.3 Å². The number of nitrogens with one attached hydrogen (secondary N) is 1. The third kappa shape index (κ3) is 2.70. The molecule has 1 heterocycles. The predicted octanol–water partition coefficient (Wildman–Crippen LogP) is 1.36. The molecule has 0 saturated heterocycles. The molecular formula is C12H13N3O. The molecule has 0 atom stereocenters. The number of para-hydroxylation sites is 1. The van der Waals surface area contributed by atoms with Crippen molar-refractivity contribution >= 4 is 5.69 Å². The van der Waals surface area contributed by atoms with Crippen LogP contribution >= 0.6 is 0 Å². The van der Waals surface area contributed by atoms with Gasteiger partial charge in [0.15, 0.2) is 0 Å². The molecule has 0 aliphatic carbocycles. The summed E-state index contributed by atoms with van der Waals surface area (Å²) in [5, 5.41) is 3.23. The van der Waals surface area contributed by atoms with Gasteiger partial charge in [-0.05, 0) is 12.1 Å². The highest BCUT2D eigenvalue weighted by Crippen LogP contribution is 2.03. The third-order valence-electron chi connectivity index (χ3n) is 2.25. The van der Waals surface area contributed by atoms with Gasteiger partial charge >= 0.3 is 0 Å². The van der Waals surface area contributed by atoms with E-state index in [1.54, 1.807) is 10.9 Å². The number of rotatable bonds is 4. The van der Waals surface area contributed by atoms with Crippen molar-refractivity contribution in [2.75, 3.05) is 11.9 Å². The highest BCUT2D eigenvalue weighted by Gasteiger charge is 1.94. The normalized spacial score (nSPS) is 10.0. The molecule has 1 aromatic heterocycles. The molecule has 4 nitrogen and oxygen atoms in total.